The van der Waals surface area contributed by atoms with Crippen LogP contribution in [0, 0.1) is 6.92 Å². The molecular formula is C21H27ClN3O2+. The average molecular weight is 389 g/mol. The minimum Gasteiger partial charge on any atom is -0.484 e. The van der Waals surface area contributed by atoms with Crippen LogP contribution in [0.25, 0.3) is 0 Å². The number of aryl methyl sites for hydroxylation is 1. The summed E-state index contributed by atoms with van der Waals surface area (Å²) in [5.41, 5.74) is 2.90. The van der Waals surface area contributed by atoms with Gasteiger partial charge in [0.1, 0.15) is 5.75 Å². The lowest BCUT2D eigenvalue weighted by molar-refractivity contribution is -0.898. The molecule has 27 heavy (non-hydrogen) atoms. The smallest absolute Gasteiger partial charge is 0.262 e. The number of carbonyl (C=O) groups excluding carboxylic acids is 1. The molecular weight excluding hydrogens is 362 g/mol. The maximum Gasteiger partial charge on any atom is 0.262 e. The van der Waals surface area contributed by atoms with Crippen molar-refractivity contribution in [2.75, 3.05) is 49.5 Å². The van der Waals surface area contributed by atoms with Crippen molar-refractivity contribution in [3.63, 3.8) is 0 Å². The summed E-state index contributed by atoms with van der Waals surface area (Å²) in [6, 6.07) is 13.4. The zero-order valence-corrected chi connectivity index (χ0v) is 16.7. The van der Waals surface area contributed by atoms with Crippen molar-refractivity contribution in [3.8, 4) is 5.75 Å². The normalized spacial score (nSPS) is 14.9. The Hall–Kier alpha value is -2.24. The van der Waals surface area contributed by atoms with Crippen molar-refractivity contribution < 1.29 is 14.4 Å². The topological polar surface area (TPSA) is 46.0 Å². The fourth-order valence-electron chi connectivity index (χ4n) is 3.24. The fourth-order valence-corrected chi connectivity index (χ4v) is 3.36. The lowest BCUT2D eigenvalue weighted by Gasteiger charge is -2.33. The van der Waals surface area contributed by atoms with Gasteiger partial charge in [-0.3, -0.25) is 4.79 Å². The molecule has 0 aliphatic carbocycles. The molecule has 1 fully saturated rings. The number of hydrogen-bond donors (Lipinski definition) is 2. The highest BCUT2D eigenvalue weighted by molar-refractivity contribution is 6.31. The highest BCUT2D eigenvalue weighted by atomic mass is 35.5. The fraction of sp³-hybridized carbons (Fsp3) is 0.381. The van der Waals surface area contributed by atoms with Gasteiger partial charge in [-0.2, -0.15) is 0 Å². The quantitative estimate of drug-likeness (QED) is 0.798. The van der Waals surface area contributed by atoms with Gasteiger partial charge in [0.15, 0.2) is 6.61 Å². The first-order chi connectivity index (χ1) is 13.0. The molecule has 5 nitrogen and oxygen atoms in total. The number of amides is 1. The summed E-state index contributed by atoms with van der Waals surface area (Å²) in [5, 5.41) is 3.56. The van der Waals surface area contributed by atoms with Crippen LogP contribution < -0.4 is 19.9 Å². The van der Waals surface area contributed by atoms with Crippen molar-refractivity contribution in [2.24, 2.45) is 0 Å². The Balaban J connectivity index is 1.49. The van der Waals surface area contributed by atoms with Gasteiger partial charge in [0.05, 0.1) is 32.7 Å². The third kappa shape index (κ3) is 5.37. The van der Waals surface area contributed by atoms with E-state index in [2.05, 4.69) is 29.3 Å². The van der Waals surface area contributed by atoms with E-state index in [0.717, 1.165) is 24.3 Å². The molecule has 1 amide bonds. The van der Waals surface area contributed by atoms with E-state index in [9.17, 15) is 4.79 Å². The largest absolute Gasteiger partial charge is 0.484 e. The van der Waals surface area contributed by atoms with Crippen LogP contribution in [-0.4, -0.2) is 45.2 Å². The molecule has 6 heteroatoms. The van der Waals surface area contributed by atoms with Gasteiger partial charge in [-0.05, 0) is 61.9 Å². The molecule has 2 aromatic carbocycles. The second kappa shape index (κ2) is 9.11. The molecule has 0 bridgehead atoms. The van der Waals surface area contributed by atoms with E-state index in [1.165, 1.54) is 25.3 Å². The summed E-state index contributed by atoms with van der Waals surface area (Å²) in [4.78, 5) is 16.2. The van der Waals surface area contributed by atoms with E-state index in [1.54, 1.807) is 17.0 Å². The minimum atomic E-state index is -0.185. The monoisotopic (exact) mass is 388 g/mol. The first-order valence-corrected chi connectivity index (χ1v) is 9.80. The Morgan fingerprint density at radius 2 is 1.89 bits per heavy atom. The molecule has 144 valence electrons. The maximum absolute atomic E-state index is 12.1. The Kier molecular flexibility index (Phi) is 6.58. The van der Waals surface area contributed by atoms with Crippen LogP contribution in [0.1, 0.15) is 12.5 Å². The number of halogens is 1. The highest BCUT2D eigenvalue weighted by Gasteiger charge is 2.18. The molecule has 0 radical (unpaired) electrons. The second-order valence-corrected chi connectivity index (χ2v) is 7.29. The number of ether oxygens (including phenoxy) is 1. The number of nitrogens with one attached hydrogen (secondary N) is 2. The van der Waals surface area contributed by atoms with Gasteiger partial charge in [-0.15, -0.1) is 0 Å². The van der Waals surface area contributed by atoms with E-state index in [0.29, 0.717) is 10.8 Å². The minimum absolute atomic E-state index is 0.0371. The Morgan fingerprint density at radius 3 is 2.52 bits per heavy atom. The average Bonchev–Trinajstić information content (AvgIpc) is 2.69. The van der Waals surface area contributed by atoms with Crippen LogP contribution in [0.3, 0.4) is 0 Å². The molecule has 0 unspecified atom stereocenters. The van der Waals surface area contributed by atoms with Crippen molar-refractivity contribution in [3.05, 3.63) is 53.1 Å². The van der Waals surface area contributed by atoms with Gasteiger partial charge < -0.3 is 19.9 Å². The standard InChI is InChI=1S/C21H26ClN3O2/c1-3-24-10-12-25(13-11-24)18-6-4-17(5-7-18)23-21(26)15-27-19-8-9-20(22)16(2)14-19/h4-9,14H,3,10-13,15H2,1-2H3,(H,23,26)/p+1. The Morgan fingerprint density at radius 1 is 1.19 bits per heavy atom. The first-order valence-electron chi connectivity index (χ1n) is 9.42. The maximum atomic E-state index is 12.1. The number of likely N-dealkylation sites (N-methyl/N-ethyl adjacent to an activating group) is 1. The number of benzene rings is 2. The van der Waals surface area contributed by atoms with Crippen LogP contribution >= 0.6 is 11.6 Å². The van der Waals surface area contributed by atoms with Gasteiger partial charge in [-0.1, -0.05) is 11.6 Å². The summed E-state index contributed by atoms with van der Waals surface area (Å²) < 4.78 is 5.53. The van der Waals surface area contributed by atoms with Gasteiger partial charge >= 0.3 is 0 Å². The molecule has 1 aliphatic rings. The van der Waals surface area contributed by atoms with Gasteiger partial charge in [0.2, 0.25) is 0 Å². The molecule has 0 aromatic heterocycles. The van der Waals surface area contributed by atoms with E-state index in [-0.39, 0.29) is 12.5 Å². The number of carbonyl (C=O) groups is 1. The predicted octanol–water partition coefficient (Wildman–Crippen LogP) is 2.39. The van der Waals surface area contributed by atoms with E-state index in [4.69, 9.17) is 16.3 Å². The second-order valence-electron chi connectivity index (χ2n) is 6.89. The molecule has 0 spiro atoms. The Labute approximate surface area is 165 Å². The summed E-state index contributed by atoms with van der Waals surface area (Å²) in [7, 11) is 0. The number of nitrogens with zero attached hydrogens (tertiary/aromatic N) is 1. The zero-order valence-electron chi connectivity index (χ0n) is 15.9. The van der Waals surface area contributed by atoms with Crippen LogP contribution in [0.15, 0.2) is 42.5 Å². The van der Waals surface area contributed by atoms with Crippen molar-refractivity contribution in [1.29, 1.82) is 0 Å². The van der Waals surface area contributed by atoms with Crippen LogP contribution in [0.2, 0.25) is 5.02 Å². The number of piperazine rings is 1. The number of hydrogen-bond acceptors (Lipinski definition) is 3. The van der Waals surface area contributed by atoms with Crippen molar-refractivity contribution in [1.82, 2.24) is 0 Å². The van der Waals surface area contributed by atoms with E-state index in [1.807, 2.05) is 25.1 Å². The lowest BCUT2D eigenvalue weighted by Crippen LogP contribution is -3.14. The molecule has 1 aliphatic heterocycles. The number of quaternary nitrogens is 1. The summed E-state index contributed by atoms with van der Waals surface area (Å²) in [6.07, 6.45) is 0. The molecule has 3 rings (SSSR count). The lowest BCUT2D eigenvalue weighted by atomic mass is 10.2. The SMILES string of the molecule is CC[NH+]1CCN(c2ccc(NC(=O)COc3ccc(Cl)c(C)c3)cc2)CC1. The zero-order chi connectivity index (χ0) is 19.2. The van der Waals surface area contributed by atoms with Crippen molar-refractivity contribution >= 4 is 28.9 Å². The predicted molar refractivity (Wildman–Crippen MR) is 110 cm³/mol. The van der Waals surface area contributed by atoms with Gasteiger partial charge in [-0.25, -0.2) is 0 Å². The molecule has 2 N–H and O–H groups in total. The van der Waals surface area contributed by atoms with Gasteiger partial charge in [0, 0.05) is 16.4 Å². The van der Waals surface area contributed by atoms with E-state index >= 15 is 0 Å². The number of rotatable bonds is 6. The molecule has 1 saturated heterocycles. The molecule has 0 saturated carbocycles. The van der Waals surface area contributed by atoms with Crippen molar-refractivity contribution in [2.45, 2.75) is 13.8 Å². The molecule has 0 atom stereocenters. The van der Waals surface area contributed by atoms with Gasteiger partial charge in [0.25, 0.3) is 5.91 Å². The van der Waals surface area contributed by atoms with Crippen LogP contribution in [-0.2, 0) is 4.79 Å². The van der Waals surface area contributed by atoms with E-state index < -0.39 is 0 Å². The summed E-state index contributed by atoms with van der Waals surface area (Å²) >= 11 is 5.99. The summed E-state index contributed by atoms with van der Waals surface area (Å²) in [5.74, 6) is 0.450. The molecule has 2 aromatic rings. The highest BCUT2D eigenvalue weighted by Crippen LogP contribution is 2.21. The summed E-state index contributed by atoms with van der Waals surface area (Å²) in [6.45, 7) is 9.79. The van der Waals surface area contributed by atoms with Crippen LogP contribution in [0.4, 0.5) is 11.4 Å². The third-order valence-electron chi connectivity index (χ3n) is 4.99. The first kappa shape index (κ1) is 19.5. The number of anilines is 2. The van der Waals surface area contributed by atoms with Crippen LogP contribution in [0.5, 0.6) is 5.75 Å². The Bertz CT molecular complexity index is 771. The molecule has 1 heterocycles. The third-order valence-corrected chi connectivity index (χ3v) is 5.41.